The Kier molecular flexibility index (Phi) is 2.36. The van der Waals surface area contributed by atoms with Gasteiger partial charge in [-0.15, -0.1) is 0 Å². The Balaban J connectivity index is 2.04. The first kappa shape index (κ1) is 10.3. The Labute approximate surface area is 102 Å². The van der Waals surface area contributed by atoms with E-state index >= 15 is 0 Å². The van der Waals surface area contributed by atoms with Crippen LogP contribution in [0.15, 0.2) is 29.6 Å². The van der Waals surface area contributed by atoms with Crippen LogP contribution in [-0.4, -0.2) is 33.3 Å². The molecule has 0 saturated heterocycles. The smallest absolute Gasteiger partial charge is 0.243 e. The number of fused-ring (bicyclic) bond motifs is 1. The molecule has 0 aromatic carbocycles. The van der Waals surface area contributed by atoms with Gasteiger partial charge in [-0.2, -0.15) is 0 Å². The van der Waals surface area contributed by atoms with E-state index < -0.39 is 0 Å². The fourth-order valence-corrected chi connectivity index (χ4v) is 2.48. The van der Waals surface area contributed by atoms with Crippen molar-refractivity contribution in [3.63, 3.8) is 0 Å². The van der Waals surface area contributed by atoms with Crippen molar-refractivity contribution in [3.8, 4) is 17.3 Å². The Morgan fingerprint density at radius 3 is 3.00 bits per heavy atom. The molecule has 0 unspecified atom stereocenters. The van der Waals surface area contributed by atoms with Crippen LogP contribution in [0.3, 0.4) is 0 Å². The maximum Gasteiger partial charge on any atom is 0.243 e. The molecule has 6 heteroatoms. The van der Waals surface area contributed by atoms with Crippen LogP contribution in [0.4, 0.5) is 0 Å². The molecule has 0 atom stereocenters. The zero-order valence-corrected chi connectivity index (χ0v) is 9.90. The highest BCUT2D eigenvalue weighted by atomic mass is 32.2. The molecular weight excluding hydrogens is 238 g/mol. The summed E-state index contributed by atoms with van der Waals surface area (Å²) in [4.78, 5) is 20.1. The first-order chi connectivity index (χ1) is 8.28. The highest BCUT2D eigenvalue weighted by Gasteiger charge is 2.22. The lowest BCUT2D eigenvalue weighted by Gasteiger charge is -2.00. The molecule has 0 radical (unpaired) electrons. The number of thioether (sulfide) groups is 1. The highest BCUT2D eigenvalue weighted by molar-refractivity contribution is 8.00. The summed E-state index contributed by atoms with van der Waals surface area (Å²) < 4.78 is 6.63. The van der Waals surface area contributed by atoms with E-state index in [0.29, 0.717) is 23.0 Å². The van der Waals surface area contributed by atoms with Gasteiger partial charge in [0.2, 0.25) is 11.8 Å². The lowest BCUT2D eigenvalue weighted by atomic mass is 10.3. The number of carbonyl (C=O) groups is 1. The Hall–Kier alpha value is -1.82. The van der Waals surface area contributed by atoms with E-state index in [1.54, 1.807) is 23.9 Å². The first-order valence-corrected chi connectivity index (χ1v) is 6.03. The van der Waals surface area contributed by atoms with Crippen LogP contribution in [0, 0.1) is 0 Å². The summed E-state index contributed by atoms with van der Waals surface area (Å²) in [5.74, 6) is 1.06. The minimum absolute atomic E-state index is 0.0617. The van der Waals surface area contributed by atoms with E-state index in [4.69, 9.17) is 4.74 Å². The summed E-state index contributed by atoms with van der Waals surface area (Å²) in [6, 6.07) is 5.46. The summed E-state index contributed by atoms with van der Waals surface area (Å²) in [6.45, 7) is 0. The van der Waals surface area contributed by atoms with Crippen molar-refractivity contribution in [2.45, 2.75) is 5.16 Å². The van der Waals surface area contributed by atoms with Gasteiger partial charge in [-0.1, -0.05) is 17.8 Å². The number of imidazole rings is 1. The van der Waals surface area contributed by atoms with Gasteiger partial charge in [-0.05, 0) is 6.07 Å². The predicted octanol–water partition coefficient (Wildman–Crippen LogP) is 1.70. The summed E-state index contributed by atoms with van der Waals surface area (Å²) in [5, 5.41) is 0.731. The number of hydrogen-bond donors (Lipinski definition) is 0. The van der Waals surface area contributed by atoms with Crippen LogP contribution in [0.1, 0.15) is 4.79 Å². The van der Waals surface area contributed by atoms with Gasteiger partial charge >= 0.3 is 0 Å². The number of ether oxygens (including phenoxy) is 1. The number of nitrogens with zero attached hydrogens (tertiary/aromatic N) is 3. The van der Waals surface area contributed by atoms with Crippen molar-refractivity contribution >= 4 is 17.7 Å². The molecule has 3 heterocycles. The number of aromatic nitrogens is 3. The van der Waals surface area contributed by atoms with Gasteiger partial charge in [-0.25, -0.2) is 9.97 Å². The van der Waals surface area contributed by atoms with E-state index in [1.165, 1.54) is 11.8 Å². The third-order valence-corrected chi connectivity index (χ3v) is 3.40. The molecule has 3 rings (SSSR count). The molecule has 1 aliphatic rings. The van der Waals surface area contributed by atoms with Crippen LogP contribution >= 0.6 is 11.8 Å². The average molecular weight is 247 g/mol. The summed E-state index contributed by atoms with van der Waals surface area (Å²) in [5.41, 5.74) is 1.40. The van der Waals surface area contributed by atoms with Gasteiger partial charge in [0, 0.05) is 12.3 Å². The first-order valence-electron chi connectivity index (χ1n) is 5.05. The second-order valence-electron chi connectivity index (χ2n) is 3.53. The highest BCUT2D eigenvalue weighted by Crippen LogP contribution is 2.28. The van der Waals surface area contributed by atoms with Gasteiger partial charge in [0.05, 0.1) is 18.6 Å². The van der Waals surface area contributed by atoms with Gasteiger partial charge in [0.15, 0.2) is 5.16 Å². The number of rotatable bonds is 2. The van der Waals surface area contributed by atoms with Crippen LogP contribution in [0.5, 0.6) is 5.88 Å². The van der Waals surface area contributed by atoms with E-state index in [2.05, 4.69) is 9.97 Å². The maximum atomic E-state index is 11.5. The minimum Gasteiger partial charge on any atom is -0.481 e. The van der Waals surface area contributed by atoms with Crippen molar-refractivity contribution in [2.24, 2.45) is 0 Å². The molecule has 0 N–H and O–H groups in total. The molecule has 86 valence electrons. The lowest BCUT2D eigenvalue weighted by molar-refractivity contribution is 0.0939. The van der Waals surface area contributed by atoms with Crippen LogP contribution in [0.25, 0.3) is 11.4 Å². The standard InChI is InChI=1S/C11H9N3O2S/c1-16-9-4-2-3-7(12-9)8-5-14-10(15)6-17-11(14)13-8/h2-5H,6H2,1H3. The van der Waals surface area contributed by atoms with Crippen LogP contribution < -0.4 is 4.74 Å². The molecule has 2 aromatic heterocycles. The van der Waals surface area contributed by atoms with Crippen molar-refractivity contribution < 1.29 is 9.53 Å². The number of hydrogen-bond acceptors (Lipinski definition) is 5. The number of pyridine rings is 1. The largest absolute Gasteiger partial charge is 0.481 e. The average Bonchev–Trinajstić information content (AvgIpc) is 2.92. The van der Waals surface area contributed by atoms with Gasteiger partial charge in [-0.3, -0.25) is 9.36 Å². The van der Waals surface area contributed by atoms with Crippen LogP contribution in [0.2, 0.25) is 0 Å². The third kappa shape index (κ3) is 1.70. The molecule has 5 nitrogen and oxygen atoms in total. The van der Waals surface area contributed by atoms with E-state index in [0.717, 1.165) is 5.16 Å². The second kappa shape index (κ2) is 3.89. The summed E-state index contributed by atoms with van der Waals surface area (Å²) in [6.07, 6.45) is 1.72. The molecule has 0 bridgehead atoms. The molecule has 0 aliphatic carbocycles. The van der Waals surface area contributed by atoms with Gasteiger partial charge in [0.1, 0.15) is 5.69 Å². The Morgan fingerprint density at radius 2 is 2.24 bits per heavy atom. The van der Waals surface area contributed by atoms with E-state index in [1.807, 2.05) is 12.1 Å². The third-order valence-electron chi connectivity index (χ3n) is 2.46. The zero-order valence-electron chi connectivity index (χ0n) is 9.08. The second-order valence-corrected chi connectivity index (χ2v) is 4.47. The lowest BCUT2D eigenvalue weighted by Crippen LogP contribution is -2.04. The normalized spacial score (nSPS) is 13.8. The van der Waals surface area contributed by atoms with E-state index in [9.17, 15) is 4.79 Å². The molecule has 0 saturated carbocycles. The Bertz CT molecular complexity index is 594. The summed E-state index contributed by atoms with van der Waals surface area (Å²) >= 11 is 1.44. The monoisotopic (exact) mass is 247 g/mol. The summed E-state index contributed by atoms with van der Waals surface area (Å²) in [7, 11) is 1.57. The van der Waals surface area contributed by atoms with Crippen molar-refractivity contribution in [3.05, 3.63) is 24.4 Å². The van der Waals surface area contributed by atoms with Gasteiger partial charge < -0.3 is 4.74 Å². The molecule has 0 amide bonds. The SMILES string of the molecule is COc1cccc(-c2cn3c(n2)SCC3=O)n1. The number of methoxy groups -OCH3 is 1. The minimum atomic E-state index is 0.0617. The topological polar surface area (TPSA) is 57.0 Å². The van der Waals surface area contributed by atoms with Gasteiger partial charge in [0.25, 0.3) is 0 Å². The zero-order chi connectivity index (χ0) is 11.8. The fraction of sp³-hybridized carbons (Fsp3) is 0.182. The predicted molar refractivity (Wildman–Crippen MR) is 63.4 cm³/mol. The van der Waals surface area contributed by atoms with Crippen molar-refractivity contribution in [1.82, 2.24) is 14.5 Å². The number of carbonyl (C=O) groups excluding carboxylic acids is 1. The Morgan fingerprint density at radius 1 is 1.35 bits per heavy atom. The quantitative estimate of drug-likeness (QED) is 0.808. The molecule has 0 spiro atoms. The van der Waals surface area contributed by atoms with Crippen molar-refractivity contribution in [1.29, 1.82) is 0 Å². The molecular formula is C11H9N3O2S. The maximum absolute atomic E-state index is 11.5. The fourth-order valence-electron chi connectivity index (χ4n) is 1.63. The molecule has 0 fully saturated rings. The van der Waals surface area contributed by atoms with E-state index in [-0.39, 0.29) is 5.91 Å². The van der Waals surface area contributed by atoms with Crippen molar-refractivity contribution in [2.75, 3.05) is 12.9 Å². The van der Waals surface area contributed by atoms with Crippen LogP contribution in [-0.2, 0) is 0 Å². The molecule has 1 aliphatic heterocycles. The molecule has 2 aromatic rings. The molecule has 17 heavy (non-hydrogen) atoms.